The van der Waals surface area contributed by atoms with E-state index in [1.807, 2.05) is 31.3 Å². The summed E-state index contributed by atoms with van der Waals surface area (Å²) < 4.78 is 26.5. The second-order valence-corrected chi connectivity index (χ2v) is 6.23. The number of rotatable bonds is 4. The molecule has 0 amide bonds. The van der Waals surface area contributed by atoms with Gasteiger partial charge in [0.1, 0.15) is 17.3 Å². The zero-order valence-electron chi connectivity index (χ0n) is 14.1. The Hall–Kier alpha value is -2.44. The minimum atomic E-state index is -0.280. The van der Waals surface area contributed by atoms with Gasteiger partial charge in [0.15, 0.2) is 5.76 Å². The summed E-state index contributed by atoms with van der Waals surface area (Å²) in [5, 5.41) is 4.67. The number of hydrogen-bond donors (Lipinski definition) is 0. The number of benzene rings is 1. The Morgan fingerprint density at radius 2 is 2.00 bits per heavy atom. The molecule has 1 aliphatic rings. The van der Waals surface area contributed by atoms with E-state index in [9.17, 15) is 4.39 Å². The quantitative estimate of drug-likeness (QED) is 0.729. The third-order valence-corrected chi connectivity index (χ3v) is 4.33. The molecule has 2 aromatic heterocycles. The lowest BCUT2D eigenvalue weighted by atomic mass is 10.2. The summed E-state index contributed by atoms with van der Waals surface area (Å²) in [6.07, 6.45) is 1.96. The molecule has 0 radical (unpaired) electrons. The van der Waals surface area contributed by atoms with Gasteiger partial charge in [-0.1, -0.05) is 6.07 Å². The van der Waals surface area contributed by atoms with E-state index in [2.05, 4.69) is 10.00 Å². The third-order valence-electron chi connectivity index (χ3n) is 4.33. The molecule has 1 aliphatic heterocycles. The van der Waals surface area contributed by atoms with E-state index in [-0.39, 0.29) is 5.82 Å². The van der Waals surface area contributed by atoms with E-state index in [0.717, 1.165) is 55.6 Å². The molecule has 0 spiro atoms. The van der Waals surface area contributed by atoms with Gasteiger partial charge in [-0.15, -0.1) is 0 Å². The van der Waals surface area contributed by atoms with Crippen molar-refractivity contribution in [3.05, 3.63) is 59.7 Å². The molecule has 130 valence electrons. The molecule has 0 saturated carbocycles. The molecular weight excluding hydrogens is 321 g/mol. The normalized spacial score (nSPS) is 15.6. The lowest BCUT2D eigenvalue weighted by Gasteiger charge is -2.26. The number of furan rings is 1. The fourth-order valence-corrected chi connectivity index (χ4v) is 3.05. The molecular formula is C19H20FN3O2. The summed E-state index contributed by atoms with van der Waals surface area (Å²) in [7, 11) is 0. The molecule has 1 aromatic carbocycles. The van der Waals surface area contributed by atoms with Crippen molar-refractivity contribution in [1.29, 1.82) is 0 Å². The molecule has 3 heterocycles. The van der Waals surface area contributed by atoms with Crippen LogP contribution < -0.4 is 0 Å². The van der Waals surface area contributed by atoms with Gasteiger partial charge in [0, 0.05) is 31.4 Å². The van der Waals surface area contributed by atoms with Crippen LogP contribution in [0.3, 0.4) is 0 Å². The van der Waals surface area contributed by atoms with Crippen LogP contribution in [0.4, 0.5) is 4.39 Å². The maximum atomic E-state index is 13.6. The van der Waals surface area contributed by atoms with Gasteiger partial charge in [-0.25, -0.2) is 9.07 Å². The highest BCUT2D eigenvalue weighted by Gasteiger charge is 2.19. The van der Waals surface area contributed by atoms with E-state index in [4.69, 9.17) is 9.15 Å². The minimum Gasteiger partial charge on any atom is -0.460 e. The number of morpholine rings is 1. The molecule has 5 nitrogen and oxygen atoms in total. The van der Waals surface area contributed by atoms with Crippen LogP contribution in [0.25, 0.3) is 17.1 Å². The van der Waals surface area contributed by atoms with Crippen molar-refractivity contribution in [1.82, 2.24) is 14.7 Å². The van der Waals surface area contributed by atoms with Gasteiger partial charge in [0.05, 0.1) is 18.9 Å². The number of halogens is 1. The topological polar surface area (TPSA) is 43.4 Å². The van der Waals surface area contributed by atoms with Gasteiger partial charge >= 0.3 is 0 Å². The summed E-state index contributed by atoms with van der Waals surface area (Å²) in [5.41, 5.74) is 2.54. The Kier molecular flexibility index (Phi) is 4.38. The summed E-state index contributed by atoms with van der Waals surface area (Å²) in [5.74, 6) is 1.29. The van der Waals surface area contributed by atoms with E-state index in [1.54, 1.807) is 10.7 Å². The van der Waals surface area contributed by atoms with Gasteiger partial charge in [-0.05, 0) is 37.3 Å². The van der Waals surface area contributed by atoms with Crippen molar-refractivity contribution in [3.63, 3.8) is 0 Å². The lowest BCUT2D eigenvalue weighted by molar-refractivity contribution is 0.0342. The van der Waals surface area contributed by atoms with Crippen LogP contribution >= 0.6 is 0 Å². The van der Waals surface area contributed by atoms with Gasteiger partial charge in [-0.3, -0.25) is 4.90 Å². The predicted molar refractivity (Wildman–Crippen MR) is 92.1 cm³/mol. The largest absolute Gasteiger partial charge is 0.460 e. The van der Waals surface area contributed by atoms with Crippen LogP contribution in [-0.2, 0) is 11.3 Å². The third kappa shape index (κ3) is 3.50. The maximum Gasteiger partial charge on any atom is 0.154 e. The smallest absolute Gasteiger partial charge is 0.154 e. The highest BCUT2D eigenvalue weighted by atomic mass is 19.1. The molecule has 0 bridgehead atoms. The first-order valence-corrected chi connectivity index (χ1v) is 8.40. The number of aromatic nitrogens is 2. The number of aryl methyl sites for hydroxylation is 1. The molecule has 1 saturated heterocycles. The van der Waals surface area contributed by atoms with Crippen LogP contribution in [0, 0.1) is 12.7 Å². The average Bonchev–Trinajstić information content (AvgIpc) is 3.22. The van der Waals surface area contributed by atoms with E-state index in [1.165, 1.54) is 12.1 Å². The Morgan fingerprint density at radius 3 is 2.72 bits per heavy atom. The molecule has 1 fully saturated rings. The van der Waals surface area contributed by atoms with Crippen LogP contribution in [0.5, 0.6) is 0 Å². The van der Waals surface area contributed by atoms with Crippen molar-refractivity contribution in [3.8, 4) is 17.1 Å². The summed E-state index contributed by atoms with van der Waals surface area (Å²) in [4.78, 5) is 2.33. The van der Waals surface area contributed by atoms with Crippen molar-refractivity contribution in [2.24, 2.45) is 0 Å². The number of ether oxygens (including phenoxy) is 1. The highest BCUT2D eigenvalue weighted by Crippen LogP contribution is 2.27. The Balaban J connectivity index is 1.72. The van der Waals surface area contributed by atoms with Crippen molar-refractivity contribution >= 4 is 0 Å². The van der Waals surface area contributed by atoms with Crippen LogP contribution in [-0.4, -0.2) is 41.0 Å². The lowest BCUT2D eigenvalue weighted by Crippen LogP contribution is -2.35. The highest BCUT2D eigenvalue weighted by molar-refractivity contribution is 5.57. The van der Waals surface area contributed by atoms with E-state index in [0.29, 0.717) is 5.69 Å². The molecule has 0 aliphatic carbocycles. The Bertz CT molecular complexity index is 865. The molecule has 0 unspecified atom stereocenters. The Morgan fingerprint density at radius 1 is 1.16 bits per heavy atom. The summed E-state index contributed by atoms with van der Waals surface area (Å²) in [6.45, 7) is 5.94. The second kappa shape index (κ2) is 6.82. The molecule has 3 aromatic rings. The van der Waals surface area contributed by atoms with Crippen LogP contribution in [0.2, 0.25) is 0 Å². The van der Waals surface area contributed by atoms with Crippen molar-refractivity contribution in [2.75, 3.05) is 26.3 Å². The molecule has 0 atom stereocenters. The number of hydrogen-bond acceptors (Lipinski definition) is 4. The van der Waals surface area contributed by atoms with Crippen molar-refractivity contribution in [2.45, 2.75) is 13.5 Å². The second-order valence-electron chi connectivity index (χ2n) is 6.23. The zero-order valence-corrected chi connectivity index (χ0v) is 14.1. The minimum absolute atomic E-state index is 0.280. The first-order chi connectivity index (χ1) is 12.2. The summed E-state index contributed by atoms with van der Waals surface area (Å²) in [6, 6.07) is 10.3. The predicted octanol–water partition coefficient (Wildman–Crippen LogP) is 3.41. The van der Waals surface area contributed by atoms with Gasteiger partial charge in [-0.2, -0.15) is 5.10 Å². The Labute approximate surface area is 145 Å². The molecule has 0 N–H and O–H groups in total. The first kappa shape index (κ1) is 16.1. The van der Waals surface area contributed by atoms with Crippen LogP contribution in [0.1, 0.15) is 11.3 Å². The average molecular weight is 341 g/mol. The van der Waals surface area contributed by atoms with Crippen LogP contribution in [0.15, 0.2) is 47.0 Å². The first-order valence-electron chi connectivity index (χ1n) is 8.40. The SMILES string of the molecule is Cc1ccc(-c2nn(-c3cccc(F)c3)cc2CN2CCOCC2)o1. The monoisotopic (exact) mass is 341 g/mol. The molecule has 4 rings (SSSR count). The maximum absolute atomic E-state index is 13.6. The number of nitrogens with zero attached hydrogens (tertiary/aromatic N) is 3. The van der Waals surface area contributed by atoms with Gasteiger partial charge < -0.3 is 9.15 Å². The standard InChI is InChI=1S/C19H20FN3O2/c1-14-5-6-18(25-14)19-15(12-22-7-9-24-10-8-22)13-23(21-19)17-4-2-3-16(20)11-17/h2-6,11,13H,7-10,12H2,1H3. The van der Waals surface area contributed by atoms with Gasteiger partial charge in [0.2, 0.25) is 0 Å². The summed E-state index contributed by atoms with van der Waals surface area (Å²) >= 11 is 0. The molecule has 6 heteroatoms. The zero-order chi connectivity index (χ0) is 17.2. The van der Waals surface area contributed by atoms with E-state index >= 15 is 0 Å². The fraction of sp³-hybridized carbons (Fsp3) is 0.316. The van der Waals surface area contributed by atoms with Crippen molar-refractivity contribution < 1.29 is 13.5 Å². The fourth-order valence-electron chi connectivity index (χ4n) is 3.05. The van der Waals surface area contributed by atoms with E-state index < -0.39 is 0 Å². The van der Waals surface area contributed by atoms with Gasteiger partial charge in [0.25, 0.3) is 0 Å². The molecule has 25 heavy (non-hydrogen) atoms.